The normalized spacial score (nSPS) is 12.7. The number of esters is 3. The molecule has 0 fully saturated rings. The lowest BCUT2D eigenvalue weighted by Gasteiger charge is -2.18. The van der Waals surface area contributed by atoms with Gasteiger partial charge in [0.25, 0.3) is 0 Å². The Morgan fingerprint density at radius 2 is 0.650 bits per heavy atom. The summed E-state index contributed by atoms with van der Waals surface area (Å²) in [7, 11) is 0. The molecule has 0 aromatic rings. The molecule has 0 aliphatic rings. The molecule has 0 radical (unpaired) electrons. The topological polar surface area (TPSA) is 78.9 Å². The first-order chi connectivity index (χ1) is 29.5. The molecule has 0 aliphatic carbocycles. The largest absolute Gasteiger partial charge is 0.462 e. The van der Waals surface area contributed by atoms with Crippen LogP contribution in [-0.2, 0) is 28.6 Å². The van der Waals surface area contributed by atoms with E-state index in [2.05, 4.69) is 87.6 Å². The second kappa shape index (κ2) is 48.5. The molecule has 344 valence electrons. The van der Waals surface area contributed by atoms with Crippen molar-refractivity contribution in [1.82, 2.24) is 0 Å². The van der Waals surface area contributed by atoms with E-state index in [-0.39, 0.29) is 37.5 Å². The van der Waals surface area contributed by atoms with E-state index in [1.165, 1.54) is 109 Å². The molecule has 0 rings (SSSR count). The molecule has 0 saturated carbocycles. The van der Waals surface area contributed by atoms with Crippen molar-refractivity contribution in [3.8, 4) is 0 Å². The number of rotatable bonds is 44. The number of allylic oxidation sites excluding steroid dienone is 12. The Bertz CT molecular complexity index is 1140. The van der Waals surface area contributed by atoms with Crippen LogP contribution in [0.1, 0.15) is 233 Å². The molecule has 0 spiro atoms. The van der Waals surface area contributed by atoms with Crippen LogP contribution in [0.4, 0.5) is 0 Å². The Labute approximate surface area is 370 Å². The number of carbonyl (C=O) groups is 3. The summed E-state index contributed by atoms with van der Waals surface area (Å²) in [4.78, 5) is 37.8. The Kier molecular flexibility index (Phi) is 46.0. The molecular weight excluding hydrogens is 745 g/mol. The summed E-state index contributed by atoms with van der Waals surface area (Å²) in [6.45, 7) is 6.44. The lowest BCUT2D eigenvalue weighted by molar-refractivity contribution is -0.166. The highest BCUT2D eigenvalue weighted by atomic mass is 16.6. The van der Waals surface area contributed by atoms with Crippen molar-refractivity contribution in [2.45, 2.75) is 239 Å². The van der Waals surface area contributed by atoms with E-state index in [0.717, 1.165) is 77.0 Å². The van der Waals surface area contributed by atoms with Crippen molar-refractivity contribution in [3.05, 3.63) is 72.9 Å². The Hall–Kier alpha value is -3.15. The third kappa shape index (κ3) is 45.9. The number of ether oxygens (including phenoxy) is 3. The minimum Gasteiger partial charge on any atom is -0.462 e. The minimum atomic E-state index is -0.800. The maximum absolute atomic E-state index is 12.7. The predicted molar refractivity (Wildman–Crippen MR) is 256 cm³/mol. The molecule has 6 nitrogen and oxygen atoms in total. The van der Waals surface area contributed by atoms with Gasteiger partial charge in [-0.25, -0.2) is 0 Å². The van der Waals surface area contributed by atoms with Gasteiger partial charge in [-0.3, -0.25) is 14.4 Å². The van der Waals surface area contributed by atoms with Crippen LogP contribution in [0.5, 0.6) is 0 Å². The van der Waals surface area contributed by atoms with Gasteiger partial charge >= 0.3 is 17.9 Å². The van der Waals surface area contributed by atoms with Crippen molar-refractivity contribution >= 4 is 17.9 Å². The van der Waals surface area contributed by atoms with Crippen LogP contribution in [0.2, 0.25) is 0 Å². The number of hydrogen-bond acceptors (Lipinski definition) is 6. The van der Waals surface area contributed by atoms with Crippen LogP contribution in [0, 0.1) is 0 Å². The molecular formula is C54H92O6. The van der Waals surface area contributed by atoms with Gasteiger partial charge in [0.1, 0.15) is 13.2 Å². The standard InChI is InChI=1S/C54H92O6/c1-4-7-10-13-16-19-21-23-25-26-27-28-29-31-32-35-38-41-44-47-53(56)59-50-51(49-58-52(55)46-43-40-37-34-18-15-12-9-6-3)60-54(57)48-45-42-39-36-33-30-24-22-20-17-14-11-8-5-2/h7,10,16,19,23,25,27-28,31-32,38,41,51H,4-6,8-9,11-15,17-18,20-22,24,26,29-30,33-37,39-40,42-50H2,1-3H3/b10-7-,19-16-,25-23-,28-27-,32-31-,41-38-/t51-/m1/s1. The first-order valence-corrected chi connectivity index (χ1v) is 24.9. The molecule has 0 aromatic carbocycles. The van der Waals surface area contributed by atoms with E-state index >= 15 is 0 Å². The molecule has 0 saturated heterocycles. The molecule has 0 N–H and O–H groups in total. The molecule has 60 heavy (non-hydrogen) atoms. The van der Waals surface area contributed by atoms with Gasteiger partial charge in [0.2, 0.25) is 0 Å². The van der Waals surface area contributed by atoms with Gasteiger partial charge in [-0.05, 0) is 57.8 Å². The van der Waals surface area contributed by atoms with Crippen molar-refractivity contribution in [3.63, 3.8) is 0 Å². The molecule has 0 amide bonds. The summed E-state index contributed by atoms with van der Waals surface area (Å²) < 4.78 is 16.7. The predicted octanol–water partition coefficient (Wildman–Crippen LogP) is 16.3. The van der Waals surface area contributed by atoms with Crippen LogP contribution in [0.15, 0.2) is 72.9 Å². The summed E-state index contributed by atoms with van der Waals surface area (Å²) in [5.74, 6) is -0.985. The first-order valence-electron chi connectivity index (χ1n) is 24.9. The average molecular weight is 837 g/mol. The van der Waals surface area contributed by atoms with Gasteiger partial charge in [-0.15, -0.1) is 0 Å². The monoisotopic (exact) mass is 837 g/mol. The fourth-order valence-corrected chi connectivity index (χ4v) is 6.76. The van der Waals surface area contributed by atoms with E-state index in [1.54, 1.807) is 0 Å². The third-order valence-electron chi connectivity index (χ3n) is 10.5. The zero-order valence-corrected chi connectivity index (χ0v) is 39.2. The first kappa shape index (κ1) is 56.9. The fraction of sp³-hybridized carbons (Fsp3) is 0.722. The van der Waals surface area contributed by atoms with Crippen molar-refractivity contribution < 1.29 is 28.6 Å². The van der Waals surface area contributed by atoms with Gasteiger partial charge in [0.05, 0.1) is 0 Å². The summed E-state index contributed by atoms with van der Waals surface area (Å²) in [6.07, 6.45) is 60.4. The smallest absolute Gasteiger partial charge is 0.306 e. The van der Waals surface area contributed by atoms with Crippen molar-refractivity contribution in [2.75, 3.05) is 13.2 Å². The molecule has 0 aliphatic heterocycles. The molecule has 0 unspecified atom stereocenters. The van der Waals surface area contributed by atoms with Crippen molar-refractivity contribution in [1.29, 1.82) is 0 Å². The van der Waals surface area contributed by atoms with Crippen LogP contribution < -0.4 is 0 Å². The molecule has 1 atom stereocenters. The minimum absolute atomic E-state index is 0.0961. The van der Waals surface area contributed by atoms with E-state index in [4.69, 9.17) is 14.2 Å². The van der Waals surface area contributed by atoms with Gasteiger partial charge in [-0.1, -0.05) is 229 Å². The zero-order chi connectivity index (χ0) is 43.7. The highest BCUT2D eigenvalue weighted by Crippen LogP contribution is 2.15. The quantitative estimate of drug-likeness (QED) is 0.0263. The highest BCUT2D eigenvalue weighted by molar-refractivity contribution is 5.71. The van der Waals surface area contributed by atoms with E-state index in [9.17, 15) is 14.4 Å². The Balaban J connectivity index is 4.44. The van der Waals surface area contributed by atoms with Crippen molar-refractivity contribution in [2.24, 2.45) is 0 Å². The Morgan fingerprint density at radius 1 is 0.350 bits per heavy atom. The Morgan fingerprint density at radius 3 is 1.02 bits per heavy atom. The number of unbranched alkanes of at least 4 members (excludes halogenated alkanes) is 21. The van der Waals surface area contributed by atoms with Gasteiger partial charge < -0.3 is 14.2 Å². The van der Waals surface area contributed by atoms with E-state index < -0.39 is 6.10 Å². The summed E-state index contributed by atoms with van der Waals surface area (Å²) in [5.41, 5.74) is 0. The average Bonchev–Trinajstić information content (AvgIpc) is 3.24. The summed E-state index contributed by atoms with van der Waals surface area (Å²) in [6, 6.07) is 0. The van der Waals surface area contributed by atoms with Gasteiger partial charge in [-0.2, -0.15) is 0 Å². The fourth-order valence-electron chi connectivity index (χ4n) is 6.76. The number of carbonyl (C=O) groups excluding carboxylic acids is 3. The maximum atomic E-state index is 12.7. The van der Waals surface area contributed by atoms with Crippen LogP contribution >= 0.6 is 0 Å². The molecule has 0 bridgehead atoms. The maximum Gasteiger partial charge on any atom is 0.306 e. The molecule has 0 heterocycles. The van der Waals surface area contributed by atoms with Crippen LogP contribution in [0.3, 0.4) is 0 Å². The SMILES string of the molecule is CC/C=C\C/C=C\C/C=C\C/C=C\C/C=C\C/C=C\CCC(=O)OC[C@@H](COC(=O)CCCCCCCCCCC)OC(=O)CCCCCCCCCCCCCCCC. The lowest BCUT2D eigenvalue weighted by atomic mass is 10.0. The highest BCUT2D eigenvalue weighted by Gasteiger charge is 2.19. The zero-order valence-electron chi connectivity index (χ0n) is 39.2. The second-order valence-electron chi connectivity index (χ2n) is 16.4. The molecule has 0 aromatic heterocycles. The molecule has 6 heteroatoms. The summed E-state index contributed by atoms with van der Waals surface area (Å²) in [5, 5.41) is 0. The van der Waals surface area contributed by atoms with Crippen LogP contribution in [0.25, 0.3) is 0 Å². The van der Waals surface area contributed by atoms with Gasteiger partial charge in [0, 0.05) is 19.3 Å². The van der Waals surface area contributed by atoms with Gasteiger partial charge in [0.15, 0.2) is 6.10 Å². The van der Waals surface area contributed by atoms with Crippen LogP contribution in [-0.4, -0.2) is 37.2 Å². The summed E-state index contributed by atoms with van der Waals surface area (Å²) >= 11 is 0. The lowest BCUT2D eigenvalue weighted by Crippen LogP contribution is -2.30. The third-order valence-corrected chi connectivity index (χ3v) is 10.5. The van der Waals surface area contributed by atoms with E-state index in [1.807, 2.05) is 6.08 Å². The van der Waals surface area contributed by atoms with E-state index in [0.29, 0.717) is 19.3 Å². The second-order valence-corrected chi connectivity index (χ2v) is 16.4. The number of hydrogen-bond donors (Lipinski definition) is 0.